The van der Waals surface area contributed by atoms with E-state index >= 15 is 0 Å². The molecule has 0 radical (unpaired) electrons. The first kappa shape index (κ1) is 12.6. The van der Waals surface area contributed by atoms with E-state index < -0.39 is 0 Å². The zero-order chi connectivity index (χ0) is 12.3. The van der Waals surface area contributed by atoms with Gasteiger partial charge in [0.15, 0.2) is 0 Å². The van der Waals surface area contributed by atoms with Crippen LogP contribution >= 0.6 is 0 Å². The molecular formula is C13H24N4. The third kappa shape index (κ3) is 3.30. The van der Waals surface area contributed by atoms with Crippen molar-refractivity contribution in [1.82, 2.24) is 20.4 Å². The summed E-state index contributed by atoms with van der Waals surface area (Å²) in [4.78, 5) is 0. The molecular weight excluding hydrogens is 212 g/mol. The van der Waals surface area contributed by atoms with Crippen molar-refractivity contribution < 1.29 is 0 Å². The lowest BCUT2D eigenvalue weighted by atomic mass is 9.80. The molecule has 1 saturated heterocycles. The zero-order valence-corrected chi connectivity index (χ0v) is 11.2. The van der Waals surface area contributed by atoms with Gasteiger partial charge in [-0.3, -0.25) is 4.68 Å². The number of hydrogen-bond donors (Lipinski definition) is 2. The van der Waals surface area contributed by atoms with Crippen LogP contribution in [0.25, 0.3) is 0 Å². The Morgan fingerprint density at radius 2 is 2.41 bits per heavy atom. The third-order valence-electron chi connectivity index (χ3n) is 3.63. The highest BCUT2D eigenvalue weighted by atomic mass is 15.3. The molecule has 2 heterocycles. The normalized spacial score (nSPS) is 23.8. The summed E-state index contributed by atoms with van der Waals surface area (Å²) in [7, 11) is 0. The Hall–Kier alpha value is -0.870. The summed E-state index contributed by atoms with van der Waals surface area (Å²) in [6, 6.07) is 0.611. The SMILES string of the molecule is Cc1cnn(CCNC2CCNCC2(C)C)c1. The van der Waals surface area contributed by atoms with Crippen LogP contribution in [0.5, 0.6) is 0 Å². The standard InChI is InChI=1S/C13H24N4/c1-11-8-16-17(9-11)7-6-15-12-4-5-14-10-13(12,2)3/h8-9,12,14-15H,4-7,10H2,1-3H3. The average Bonchev–Trinajstić information content (AvgIpc) is 2.67. The van der Waals surface area contributed by atoms with Gasteiger partial charge in [-0.15, -0.1) is 0 Å². The van der Waals surface area contributed by atoms with E-state index in [1.54, 1.807) is 0 Å². The molecule has 1 aliphatic rings. The van der Waals surface area contributed by atoms with Crippen molar-refractivity contribution in [2.75, 3.05) is 19.6 Å². The first-order chi connectivity index (χ1) is 8.08. The molecule has 0 spiro atoms. The lowest BCUT2D eigenvalue weighted by Crippen LogP contribution is -2.53. The van der Waals surface area contributed by atoms with Crippen LogP contribution in [0.2, 0.25) is 0 Å². The Morgan fingerprint density at radius 1 is 1.59 bits per heavy atom. The van der Waals surface area contributed by atoms with Gasteiger partial charge in [0.25, 0.3) is 0 Å². The highest BCUT2D eigenvalue weighted by molar-refractivity contribution is 4.99. The lowest BCUT2D eigenvalue weighted by Gasteiger charge is -2.39. The van der Waals surface area contributed by atoms with Crippen molar-refractivity contribution in [3.05, 3.63) is 18.0 Å². The van der Waals surface area contributed by atoms with Crippen LogP contribution in [0, 0.1) is 12.3 Å². The van der Waals surface area contributed by atoms with Crippen molar-refractivity contribution in [1.29, 1.82) is 0 Å². The van der Waals surface area contributed by atoms with Crippen LogP contribution in [0.15, 0.2) is 12.4 Å². The molecule has 1 fully saturated rings. The first-order valence-electron chi connectivity index (χ1n) is 6.51. The van der Waals surface area contributed by atoms with Gasteiger partial charge in [0, 0.05) is 25.3 Å². The Bertz CT molecular complexity index is 356. The molecule has 1 atom stereocenters. The van der Waals surface area contributed by atoms with Crippen molar-refractivity contribution >= 4 is 0 Å². The van der Waals surface area contributed by atoms with Gasteiger partial charge in [-0.05, 0) is 30.9 Å². The van der Waals surface area contributed by atoms with Gasteiger partial charge in [0.05, 0.1) is 12.7 Å². The van der Waals surface area contributed by atoms with Gasteiger partial charge in [-0.25, -0.2) is 0 Å². The van der Waals surface area contributed by atoms with Gasteiger partial charge in [-0.1, -0.05) is 13.8 Å². The molecule has 0 bridgehead atoms. The topological polar surface area (TPSA) is 41.9 Å². The largest absolute Gasteiger partial charge is 0.316 e. The second-order valence-electron chi connectivity index (χ2n) is 5.74. The number of piperidine rings is 1. The van der Waals surface area contributed by atoms with Crippen LogP contribution in [-0.2, 0) is 6.54 Å². The molecule has 4 heteroatoms. The van der Waals surface area contributed by atoms with Crippen LogP contribution in [-0.4, -0.2) is 35.5 Å². The van der Waals surface area contributed by atoms with Gasteiger partial charge < -0.3 is 10.6 Å². The quantitative estimate of drug-likeness (QED) is 0.824. The molecule has 2 rings (SSSR count). The molecule has 4 nitrogen and oxygen atoms in total. The van der Waals surface area contributed by atoms with E-state index in [4.69, 9.17) is 0 Å². The zero-order valence-electron chi connectivity index (χ0n) is 11.2. The highest BCUT2D eigenvalue weighted by Gasteiger charge is 2.31. The molecule has 0 aliphatic carbocycles. The Kier molecular flexibility index (Phi) is 3.84. The van der Waals surface area contributed by atoms with Gasteiger partial charge in [-0.2, -0.15) is 5.10 Å². The maximum Gasteiger partial charge on any atom is 0.0534 e. The second-order valence-corrected chi connectivity index (χ2v) is 5.74. The van der Waals surface area contributed by atoms with Crippen molar-refractivity contribution in [3.8, 4) is 0 Å². The minimum absolute atomic E-state index is 0.346. The summed E-state index contributed by atoms with van der Waals surface area (Å²) < 4.78 is 2.01. The number of rotatable bonds is 4. The molecule has 2 N–H and O–H groups in total. The molecule has 0 saturated carbocycles. The molecule has 1 unspecified atom stereocenters. The Balaban J connectivity index is 1.77. The maximum atomic E-state index is 4.30. The molecule has 0 aromatic carbocycles. The number of aromatic nitrogens is 2. The molecule has 1 aromatic rings. The van der Waals surface area contributed by atoms with Crippen LogP contribution in [0.3, 0.4) is 0 Å². The number of hydrogen-bond acceptors (Lipinski definition) is 3. The smallest absolute Gasteiger partial charge is 0.0534 e. The number of nitrogens with zero attached hydrogens (tertiary/aromatic N) is 2. The fourth-order valence-corrected chi connectivity index (χ4v) is 2.49. The average molecular weight is 236 g/mol. The second kappa shape index (κ2) is 5.19. The van der Waals surface area contributed by atoms with E-state index in [1.807, 2.05) is 10.9 Å². The van der Waals surface area contributed by atoms with Gasteiger partial charge >= 0.3 is 0 Å². The number of aryl methyl sites for hydroxylation is 1. The highest BCUT2D eigenvalue weighted by Crippen LogP contribution is 2.24. The number of nitrogens with one attached hydrogen (secondary N) is 2. The Morgan fingerprint density at radius 3 is 3.06 bits per heavy atom. The van der Waals surface area contributed by atoms with Gasteiger partial charge in [0.2, 0.25) is 0 Å². The van der Waals surface area contributed by atoms with E-state index in [2.05, 4.69) is 42.7 Å². The fraction of sp³-hybridized carbons (Fsp3) is 0.769. The van der Waals surface area contributed by atoms with Crippen LogP contribution < -0.4 is 10.6 Å². The van der Waals surface area contributed by atoms with Crippen molar-refractivity contribution in [2.24, 2.45) is 5.41 Å². The lowest BCUT2D eigenvalue weighted by molar-refractivity contribution is 0.184. The van der Waals surface area contributed by atoms with Crippen LogP contribution in [0.4, 0.5) is 0 Å². The van der Waals surface area contributed by atoms with E-state index in [0.717, 1.165) is 26.2 Å². The molecule has 0 amide bonds. The summed E-state index contributed by atoms with van der Waals surface area (Å²) in [5, 5.41) is 11.4. The monoisotopic (exact) mass is 236 g/mol. The summed E-state index contributed by atoms with van der Waals surface area (Å²) in [5.74, 6) is 0. The van der Waals surface area contributed by atoms with Gasteiger partial charge in [0.1, 0.15) is 0 Å². The summed E-state index contributed by atoms with van der Waals surface area (Å²) in [5.41, 5.74) is 1.57. The van der Waals surface area contributed by atoms with Crippen molar-refractivity contribution in [3.63, 3.8) is 0 Å². The maximum absolute atomic E-state index is 4.30. The van der Waals surface area contributed by atoms with E-state index in [9.17, 15) is 0 Å². The minimum Gasteiger partial charge on any atom is -0.316 e. The van der Waals surface area contributed by atoms with E-state index in [1.165, 1.54) is 12.0 Å². The van der Waals surface area contributed by atoms with Crippen LogP contribution in [0.1, 0.15) is 25.8 Å². The Labute approximate surface area is 104 Å². The fourth-order valence-electron chi connectivity index (χ4n) is 2.49. The third-order valence-corrected chi connectivity index (χ3v) is 3.63. The predicted molar refractivity (Wildman–Crippen MR) is 70.0 cm³/mol. The van der Waals surface area contributed by atoms with E-state index in [-0.39, 0.29) is 0 Å². The molecule has 1 aromatic heterocycles. The summed E-state index contributed by atoms with van der Waals surface area (Å²) in [6.07, 6.45) is 5.22. The summed E-state index contributed by atoms with van der Waals surface area (Å²) in [6.45, 7) is 10.9. The van der Waals surface area contributed by atoms with E-state index in [0.29, 0.717) is 11.5 Å². The first-order valence-corrected chi connectivity index (χ1v) is 6.51. The molecule has 17 heavy (non-hydrogen) atoms. The molecule has 96 valence electrons. The minimum atomic E-state index is 0.346. The van der Waals surface area contributed by atoms with Crippen molar-refractivity contribution in [2.45, 2.75) is 39.8 Å². The predicted octanol–water partition coefficient (Wildman–Crippen LogP) is 1.17. The molecule has 1 aliphatic heterocycles. The summed E-state index contributed by atoms with van der Waals surface area (Å²) >= 11 is 0.